The highest BCUT2D eigenvalue weighted by molar-refractivity contribution is 7.89. The van der Waals surface area contributed by atoms with Crippen molar-refractivity contribution in [3.8, 4) is 0 Å². The van der Waals surface area contributed by atoms with Crippen molar-refractivity contribution in [2.45, 2.75) is 44.4 Å². The smallest absolute Gasteiger partial charge is 0.276 e. The molecule has 21 heavy (non-hydrogen) atoms. The fraction of sp³-hybridized carbons (Fsp3) is 0.714. The van der Waals surface area contributed by atoms with Crippen molar-refractivity contribution < 1.29 is 17.6 Å². The average molecular weight is 316 g/mol. The monoisotopic (exact) mass is 316 g/mol. The first kappa shape index (κ1) is 16.5. The lowest BCUT2D eigenvalue weighted by Gasteiger charge is -2.20. The fourth-order valence-corrected chi connectivity index (χ4v) is 3.76. The molecule has 0 spiro atoms. The highest BCUT2D eigenvalue weighted by Gasteiger charge is 2.30. The van der Waals surface area contributed by atoms with Gasteiger partial charge >= 0.3 is 0 Å². The zero-order valence-corrected chi connectivity index (χ0v) is 13.5. The van der Waals surface area contributed by atoms with Gasteiger partial charge < -0.3 is 14.5 Å². The van der Waals surface area contributed by atoms with Crippen molar-refractivity contribution in [3.05, 3.63) is 17.9 Å². The van der Waals surface area contributed by atoms with Crippen LogP contribution in [0.3, 0.4) is 0 Å². The molecule has 0 amide bonds. The second-order valence-corrected chi connectivity index (χ2v) is 7.16. The Morgan fingerprint density at radius 1 is 1.43 bits per heavy atom. The van der Waals surface area contributed by atoms with Crippen LogP contribution in [0.25, 0.3) is 0 Å². The first-order valence-electron chi connectivity index (χ1n) is 7.45. The number of hydrogen-bond donors (Lipinski definition) is 1. The van der Waals surface area contributed by atoms with Crippen molar-refractivity contribution in [2.75, 3.05) is 26.2 Å². The molecule has 1 saturated heterocycles. The van der Waals surface area contributed by atoms with E-state index in [0.717, 1.165) is 13.0 Å². The van der Waals surface area contributed by atoms with Crippen molar-refractivity contribution >= 4 is 10.0 Å². The lowest BCUT2D eigenvalue weighted by molar-refractivity contribution is 0.0751. The van der Waals surface area contributed by atoms with Crippen LogP contribution in [0.15, 0.2) is 21.6 Å². The summed E-state index contributed by atoms with van der Waals surface area (Å²) in [5.41, 5.74) is 0. The maximum absolute atomic E-state index is 12.6. The Bertz CT molecular complexity index is 541. The molecule has 1 unspecified atom stereocenters. The minimum Gasteiger partial charge on any atom is -0.447 e. The molecule has 0 bridgehead atoms. The summed E-state index contributed by atoms with van der Waals surface area (Å²) in [4.78, 5) is 0. The molecule has 7 heteroatoms. The van der Waals surface area contributed by atoms with Crippen LogP contribution in [0.1, 0.15) is 32.4 Å². The van der Waals surface area contributed by atoms with E-state index in [9.17, 15) is 8.42 Å². The molecule has 1 N–H and O–H groups in total. The van der Waals surface area contributed by atoms with Crippen LogP contribution in [0.4, 0.5) is 0 Å². The zero-order valence-electron chi connectivity index (χ0n) is 12.7. The molecule has 6 nitrogen and oxygen atoms in total. The summed E-state index contributed by atoms with van der Waals surface area (Å²) in [6.07, 6.45) is 1.63. The number of rotatable bonds is 6. The van der Waals surface area contributed by atoms with Crippen LogP contribution in [0.2, 0.25) is 0 Å². The lowest BCUT2D eigenvalue weighted by atomic mass is 10.4. The summed E-state index contributed by atoms with van der Waals surface area (Å²) in [5, 5.41) is 3.21. The summed E-state index contributed by atoms with van der Waals surface area (Å²) in [5.74, 6) is 0.640. The van der Waals surface area contributed by atoms with E-state index in [0.29, 0.717) is 38.4 Å². The van der Waals surface area contributed by atoms with Crippen LogP contribution in [0.5, 0.6) is 0 Å². The van der Waals surface area contributed by atoms with Crippen LogP contribution >= 0.6 is 0 Å². The highest BCUT2D eigenvalue weighted by Crippen LogP contribution is 2.21. The van der Waals surface area contributed by atoms with Gasteiger partial charge in [0.1, 0.15) is 5.76 Å². The van der Waals surface area contributed by atoms with Gasteiger partial charge in [0, 0.05) is 19.7 Å². The second-order valence-electron chi connectivity index (χ2n) is 5.30. The quantitative estimate of drug-likeness (QED) is 0.807. The maximum Gasteiger partial charge on any atom is 0.276 e. The van der Waals surface area contributed by atoms with E-state index in [1.165, 1.54) is 10.4 Å². The minimum atomic E-state index is -3.57. The molecule has 2 rings (SSSR count). The number of furan rings is 1. The molecular weight excluding hydrogens is 292 g/mol. The molecule has 120 valence electrons. The zero-order chi connectivity index (χ0) is 15.3. The molecule has 0 radical (unpaired) electrons. The maximum atomic E-state index is 12.6. The van der Waals surface area contributed by atoms with Crippen molar-refractivity contribution in [3.63, 3.8) is 0 Å². The van der Waals surface area contributed by atoms with Gasteiger partial charge in [-0.15, -0.1) is 0 Å². The van der Waals surface area contributed by atoms with E-state index in [2.05, 4.69) is 12.2 Å². The largest absolute Gasteiger partial charge is 0.447 e. The number of ether oxygens (including phenoxy) is 1. The average Bonchev–Trinajstić information content (AvgIpc) is 2.81. The van der Waals surface area contributed by atoms with Gasteiger partial charge in [0.15, 0.2) is 0 Å². The van der Waals surface area contributed by atoms with Gasteiger partial charge in [-0.25, -0.2) is 8.42 Å². The van der Waals surface area contributed by atoms with Crippen LogP contribution in [-0.4, -0.2) is 45.1 Å². The van der Waals surface area contributed by atoms with E-state index in [1.807, 2.05) is 6.92 Å². The summed E-state index contributed by atoms with van der Waals surface area (Å²) in [6.45, 7) is 6.82. The molecule has 1 aliphatic rings. The molecule has 1 aromatic heterocycles. The van der Waals surface area contributed by atoms with Gasteiger partial charge in [-0.1, -0.05) is 6.92 Å². The predicted molar refractivity (Wildman–Crippen MR) is 79.5 cm³/mol. The third-order valence-corrected chi connectivity index (χ3v) is 5.11. The minimum absolute atomic E-state index is 0.0184. The Morgan fingerprint density at radius 3 is 3.00 bits per heavy atom. The Kier molecular flexibility index (Phi) is 5.80. The van der Waals surface area contributed by atoms with E-state index in [1.54, 1.807) is 6.07 Å². The van der Waals surface area contributed by atoms with Crippen molar-refractivity contribution in [2.24, 2.45) is 0 Å². The van der Waals surface area contributed by atoms with Crippen LogP contribution in [-0.2, 0) is 21.3 Å². The van der Waals surface area contributed by atoms with Crippen LogP contribution in [0, 0.1) is 0 Å². The molecule has 1 fully saturated rings. The van der Waals surface area contributed by atoms with Crippen LogP contribution < -0.4 is 5.32 Å². The molecule has 1 aliphatic heterocycles. The normalized spacial score (nSPS) is 21.3. The van der Waals surface area contributed by atoms with E-state index < -0.39 is 10.0 Å². The molecule has 1 aromatic rings. The molecular formula is C14H24N2O4S. The Balaban J connectivity index is 2.08. The SMILES string of the molecule is CCCNCc1ccc(S(=O)(=O)N2CCCOC(C)C2)o1. The summed E-state index contributed by atoms with van der Waals surface area (Å²) in [7, 11) is -3.57. The van der Waals surface area contributed by atoms with Gasteiger partial charge in [-0.3, -0.25) is 0 Å². The Labute approximate surface area is 126 Å². The Morgan fingerprint density at radius 2 is 2.24 bits per heavy atom. The van der Waals surface area contributed by atoms with Crippen molar-refractivity contribution in [1.82, 2.24) is 9.62 Å². The van der Waals surface area contributed by atoms with Gasteiger partial charge in [-0.05, 0) is 38.4 Å². The molecule has 0 saturated carbocycles. The fourth-order valence-electron chi connectivity index (χ4n) is 2.28. The first-order valence-corrected chi connectivity index (χ1v) is 8.89. The standard InChI is InChI=1S/C14H24N2O4S/c1-3-7-15-10-13-5-6-14(20-13)21(17,18)16-8-4-9-19-12(2)11-16/h5-6,12,15H,3-4,7-11H2,1-2H3. The van der Waals surface area contributed by atoms with Gasteiger partial charge in [0.25, 0.3) is 10.0 Å². The van der Waals surface area contributed by atoms with Gasteiger partial charge in [-0.2, -0.15) is 4.31 Å². The van der Waals surface area contributed by atoms with E-state index in [-0.39, 0.29) is 11.2 Å². The second kappa shape index (κ2) is 7.40. The van der Waals surface area contributed by atoms with Gasteiger partial charge in [0.2, 0.25) is 5.09 Å². The number of hydrogen-bond acceptors (Lipinski definition) is 5. The number of nitrogens with one attached hydrogen (secondary N) is 1. The molecule has 1 atom stereocenters. The number of sulfonamides is 1. The van der Waals surface area contributed by atoms with E-state index >= 15 is 0 Å². The topological polar surface area (TPSA) is 71.8 Å². The third-order valence-electron chi connectivity index (χ3n) is 3.37. The molecule has 0 aromatic carbocycles. The molecule has 2 heterocycles. The summed E-state index contributed by atoms with van der Waals surface area (Å²) >= 11 is 0. The first-order chi connectivity index (χ1) is 10.0. The molecule has 0 aliphatic carbocycles. The van der Waals surface area contributed by atoms with E-state index in [4.69, 9.17) is 9.15 Å². The third kappa shape index (κ3) is 4.29. The summed E-state index contributed by atoms with van der Waals surface area (Å²) < 4.78 is 37.6. The summed E-state index contributed by atoms with van der Waals surface area (Å²) in [6, 6.07) is 3.25. The van der Waals surface area contributed by atoms with Crippen molar-refractivity contribution in [1.29, 1.82) is 0 Å². The van der Waals surface area contributed by atoms with Gasteiger partial charge in [0.05, 0.1) is 12.6 Å². The lowest BCUT2D eigenvalue weighted by Crippen LogP contribution is -2.35. The predicted octanol–water partition coefficient (Wildman–Crippen LogP) is 1.58. The number of nitrogens with zero attached hydrogens (tertiary/aromatic N) is 1. The Hall–Kier alpha value is -0.890. The highest BCUT2D eigenvalue weighted by atomic mass is 32.2.